The Morgan fingerprint density at radius 3 is 2.67 bits per heavy atom. The van der Waals surface area contributed by atoms with Crippen LogP contribution in [0.25, 0.3) is 0 Å². The minimum Gasteiger partial charge on any atom is -0.409 e. The molecule has 0 aliphatic carbocycles. The normalized spacial score (nSPS) is 11.5. The molecule has 0 radical (unpaired) electrons. The zero-order valence-electron chi connectivity index (χ0n) is 12.0. The van der Waals surface area contributed by atoms with Crippen LogP contribution in [0.3, 0.4) is 0 Å². The van der Waals surface area contributed by atoms with E-state index in [0.29, 0.717) is 17.1 Å². The number of amidine groups is 1. The van der Waals surface area contributed by atoms with Gasteiger partial charge in [-0.05, 0) is 36.2 Å². The van der Waals surface area contributed by atoms with Crippen LogP contribution in [-0.4, -0.2) is 18.1 Å². The maximum atomic E-state index is 8.68. The zero-order chi connectivity index (χ0) is 15.4. The van der Waals surface area contributed by atoms with Crippen LogP contribution in [0.2, 0.25) is 5.02 Å². The summed E-state index contributed by atoms with van der Waals surface area (Å²) in [6.07, 6.45) is 0. The van der Waals surface area contributed by atoms with Gasteiger partial charge in [-0.2, -0.15) is 0 Å². The van der Waals surface area contributed by atoms with Crippen molar-refractivity contribution in [3.8, 4) is 0 Å². The number of anilines is 1. The topological polar surface area (TPSA) is 61.8 Å². The number of nitrogens with two attached hydrogens (primary N) is 1. The third-order valence-electron chi connectivity index (χ3n) is 3.31. The Hall–Kier alpha value is -2.20. The van der Waals surface area contributed by atoms with E-state index in [1.165, 1.54) is 5.56 Å². The SMILES string of the molecule is Cc1cccc(N(C)Cc2ccc(/C(N)=N/O)cc2Cl)c1. The summed E-state index contributed by atoms with van der Waals surface area (Å²) >= 11 is 6.27. The molecule has 0 unspecified atom stereocenters. The van der Waals surface area contributed by atoms with Gasteiger partial charge in [0.05, 0.1) is 0 Å². The minimum absolute atomic E-state index is 0.0514. The quantitative estimate of drug-likeness (QED) is 0.394. The van der Waals surface area contributed by atoms with Crippen molar-refractivity contribution in [3.63, 3.8) is 0 Å². The van der Waals surface area contributed by atoms with Gasteiger partial charge >= 0.3 is 0 Å². The molecule has 2 aromatic carbocycles. The molecule has 0 bridgehead atoms. The number of nitrogens with zero attached hydrogens (tertiary/aromatic N) is 2. The first-order valence-electron chi connectivity index (χ1n) is 6.55. The van der Waals surface area contributed by atoms with Crippen molar-refractivity contribution in [2.45, 2.75) is 13.5 Å². The first kappa shape index (κ1) is 15.2. The molecule has 0 atom stereocenters. The number of halogens is 1. The van der Waals surface area contributed by atoms with Gasteiger partial charge in [-0.25, -0.2) is 0 Å². The van der Waals surface area contributed by atoms with E-state index in [0.717, 1.165) is 11.3 Å². The average molecular weight is 304 g/mol. The lowest BCUT2D eigenvalue weighted by Crippen LogP contribution is -2.17. The summed E-state index contributed by atoms with van der Waals surface area (Å²) in [4.78, 5) is 2.12. The summed E-state index contributed by atoms with van der Waals surface area (Å²) in [5.74, 6) is 0.0514. The molecule has 5 heteroatoms. The summed E-state index contributed by atoms with van der Waals surface area (Å²) in [5.41, 5.74) is 9.48. The van der Waals surface area contributed by atoms with E-state index >= 15 is 0 Å². The molecule has 110 valence electrons. The van der Waals surface area contributed by atoms with Crippen LogP contribution in [0.4, 0.5) is 5.69 Å². The highest BCUT2D eigenvalue weighted by molar-refractivity contribution is 6.31. The van der Waals surface area contributed by atoms with Gasteiger partial charge in [0.1, 0.15) is 0 Å². The molecule has 0 saturated heterocycles. The first-order valence-corrected chi connectivity index (χ1v) is 6.93. The van der Waals surface area contributed by atoms with Crippen LogP contribution in [-0.2, 0) is 6.54 Å². The molecule has 4 nitrogen and oxygen atoms in total. The molecule has 3 N–H and O–H groups in total. The summed E-state index contributed by atoms with van der Waals surface area (Å²) in [7, 11) is 2.02. The molecular weight excluding hydrogens is 286 g/mol. The van der Waals surface area contributed by atoms with Crippen LogP contribution in [0.1, 0.15) is 16.7 Å². The molecule has 0 spiro atoms. The van der Waals surface area contributed by atoms with Gasteiger partial charge < -0.3 is 15.8 Å². The zero-order valence-corrected chi connectivity index (χ0v) is 12.8. The molecular formula is C16H18ClN3O. The van der Waals surface area contributed by atoms with E-state index in [2.05, 4.69) is 35.2 Å². The van der Waals surface area contributed by atoms with Gasteiger partial charge in [-0.3, -0.25) is 0 Å². The fourth-order valence-corrected chi connectivity index (χ4v) is 2.35. The lowest BCUT2D eigenvalue weighted by molar-refractivity contribution is 0.318. The van der Waals surface area contributed by atoms with Crippen molar-refractivity contribution in [3.05, 3.63) is 64.2 Å². The minimum atomic E-state index is 0.0514. The second-order valence-corrected chi connectivity index (χ2v) is 5.39. The number of oxime groups is 1. The Morgan fingerprint density at radius 2 is 2.05 bits per heavy atom. The molecule has 21 heavy (non-hydrogen) atoms. The predicted octanol–water partition coefficient (Wildman–Crippen LogP) is 3.38. The third-order valence-corrected chi connectivity index (χ3v) is 3.66. The van der Waals surface area contributed by atoms with Crippen molar-refractivity contribution in [2.75, 3.05) is 11.9 Å². The van der Waals surface area contributed by atoms with Gasteiger partial charge in [-0.1, -0.05) is 41.0 Å². The first-order chi connectivity index (χ1) is 10.0. The van der Waals surface area contributed by atoms with Gasteiger partial charge in [0.2, 0.25) is 0 Å². The Kier molecular flexibility index (Phi) is 4.70. The van der Waals surface area contributed by atoms with Crippen molar-refractivity contribution in [1.82, 2.24) is 0 Å². The van der Waals surface area contributed by atoms with Crippen LogP contribution < -0.4 is 10.6 Å². The van der Waals surface area contributed by atoms with E-state index in [9.17, 15) is 0 Å². The highest BCUT2D eigenvalue weighted by Gasteiger charge is 2.08. The van der Waals surface area contributed by atoms with Crippen LogP contribution >= 0.6 is 11.6 Å². The summed E-state index contributed by atoms with van der Waals surface area (Å²) < 4.78 is 0. The van der Waals surface area contributed by atoms with E-state index in [1.807, 2.05) is 19.2 Å². The highest BCUT2D eigenvalue weighted by Crippen LogP contribution is 2.22. The van der Waals surface area contributed by atoms with Gasteiger partial charge in [0.25, 0.3) is 0 Å². The number of benzene rings is 2. The molecule has 0 aliphatic heterocycles. The lowest BCUT2D eigenvalue weighted by Gasteiger charge is -2.20. The van der Waals surface area contributed by atoms with E-state index < -0.39 is 0 Å². The number of rotatable bonds is 4. The largest absolute Gasteiger partial charge is 0.409 e. The summed E-state index contributed by atoms with van der Waals surface area (Å²) in [6, 6.07) is 13.7. The molecule has 0 aromatic heterocycles. The van der Waals surface area contributed by atoms with Crippen molar-refractivity contribution in [1.29, 1.82) is 0 Å². The maximum Gasteiger partial charge on any atom is 0.170 e. The standard InChI is InChI=1S/C16H18ClN3O/c1-11-4-3-5-14(8-11)20(2)10-13-7-6-12(9-15(13)17)16(18)19-21/h3-9,21H,10H2,1-2H3,(H2,18,19). The van der Waals surface area contributed by atoms with Gasteiger partial charge in [-0.15, -0.1) is 0 Å². The van der Waals surface area contributed by atoms with Crippen LogP contribution in [0, 0.1) is 6.92 Å². The van der Waals surface area contributed by atoms with E-state index in [4.69, 9.17) is 22.5 Å². The van der Waals surface area contributed by atoms with Crippen molar-refractivity contribution >= 4 is 23.1 Å². The fraction of sp³-hybridized carbons (Fsp3) is 0.188. The number of aryl methyl sites for hydroxylation is 1. The maximum absolute atomic E-state index is 8.68. The van der Waals surface area contributed by atoms with Crippen LogP contribution in [0.15, 0.2) is 47.6 Å². The smallest absolute Gasteiger partial charge is 0.170 e. The lowest BCUT2D eigenvalue weighted by atomic mass is 10.1. The van der Waals surface area contributed by atoms with Gasteiger partial charge in [0.15, 0.2) is 5.84 Å². The monoisotopic (exact) mass is 303 g/mol. The summed E-state index contributed by atoms with van der Waals surface area (Å²) in [6.45, 7) is 2.74. The molecule has 0 heterocycles. The molecule has 0 saturated carbocycles. The van der Waals surface area contributed by atoms with E-state index in [1.54, 1.807) is 12.1 Å². The molecule has 0 amide bonds. The number of hydrogen-bond acceptors (Lipinski definition) is 3. The second kappa shape index (κ2) is 6.50. The third kappa shape index (κ3) is 3.67. The molecule has 2 rings (SSSR count). The Labute approximate surface area is 129 Å². The summed E-state index contributed by atoms with van der Waals surface area (Å²) in [5, 5.41) is 12.2. The average Bonchev–Trinajstić information content (AvgIpc) is 2.48. The van der Waals surface area contributed by atoms with E-state index in [-0.39, 0.29) is 5.84 Å². The van der Waals surface area contributed by atoms with Crippen molar-refractivity contribution in [2.24, 2.45) is 10.9 Å². The Balaban J connectivity index is 2.20. The molecule has 2 aromatic rings. The van der Waals surface area contributed by atoms with Crippen LogP contribution in [0.5, 0.6) is 0 Å². The predicted molar refractivity (Wildman–Crippen MR) is 87.2 cm³/mol. The molecule has 0 aliphatic rings. The van der Waals surface area contributed by atoms with Gasteiger partial charge in [0, 0.05) is 29.9 Å². The number of hydrogen-bond donors (Lipinski definition) is 2. The fourth-order valence-electron chi connectivity index (χ4n) is 2.10. The Morgan fingerprint density at radius 1 is 1.29 bits per heavy atom. The molecule has 0 fully saturated rings. The highest BCUT2D eigenvalue weighted by atomic mass is 35.5. The second-order valence-electron chi connectivity index (χ2n) is 4.99. The van der Waals surface area contributed by atoms with Crippen molar-refractivity contribution < 1.29 is 5.21 Å². The Bertz CT molecular complexity index is 670.